The standard InChI is InChI=1S/C17H21FN2O3/c1-20-14(21)10-23-16(17(22)19-11-6-2-3-7-11)15(20)12-8-4-5-9-13(12)18/h4-5,8-9,11,15-16H,2-3,6-7,10H2,1H3,(H,19,22). The largest absolute Gasteiger partial charge is 0.356 e. The molecule has 5 nitrogen and oxygen atoms in total. The number of benzene rings is 1. The number of hydrogen-bond donors (Lipinski definition) is 1. The Balaban J connectivity index is 1.85. The number of carbonyl (C=O) groups excluding carboxylic acids is 2. The number of halogens is 1. The van der Waals surface area contributed by atoms with Gasteiger partial charge < -0.3 is 15.0 Å². The molecular formula is C17H21FN2O3. The van der Waals surface area contributed by atoms with Crippen molar-refractivity contribution in [3.05, 3.63) is 35.6 Å². The number of hydrogen-bond acceptors (Lipinski definition) is 3. The number of amides is 2. The Hall–Kier alpha value is -1.95. The van der Waals surface area contributed by atoms with Crippen LogP contribution in [0.25, 0.3) is 0 Å². The lowest BCUT2D eigenvalue weighted by Crippen LogP contribution is -2.54. The van der Waals surface area contributed by atoms with E-state index < -0.39 is 18.0 Å². The van der Waals surface area contributed by atoms with E-state index in [1.807, 2.05) is 0 Å². The molecule has 1 heterocycles. The SMILES string of the molecule is CN1C(=O)COC(C(=O)NC2CCCC2)C1c1ccccc1F. The fourth-order valence-electron chi connectivity index (χ4n) is 3.37. The molecule has 1 N–H and O–H groups in total. The first-order valence-corrected chi connectivity index (χ1v) is 8.00. The molecule has 1 aliphatic heterocycles. The fourth-order valence-corrected chi connectivity index (χ4v) is 3.37. The number of morpholine rings is 1. The lowest BCUT2D eigenvalue weighted by Gasteiger charge is -2.38. The van der Waals surface area contributed by atoms with Gasteiger partial charge in [0, 0.05) is 18.7 Å². The van der Waals surface area contributed by atoms with Crippen LogP contribution in [0.15, 0.2) is 24.3 Å². The van der Waals surface area contributed by atoms with Gasteiger partial charge in [0.1, 0.15) is 12.4 Å². The topological polar surface area (TPSA) is 58.6 Å². The highest BCUT2D eigenvalue weighted by Gasteiger charge is 2.41. The summed E-state index contributed by atoms with van der Waals surface area (Å²) >= 11 is 0. The fraction of sp³-hybridized carbons (Fsp3) is 0.529. The molecule has 6 heteroatoms. The summed E-state index contributed by atoms with van der Waals surface area (Å²) in [5.74, 6) is -0.978. The molecule has 124 valence electrons. The molecule has 1 saturated heterocycles. The van der Waals surface area contributed by atoms with Gasteiger partial charge in [-0.1, -0.05) is 31.0 Å². The monoisotopic (exact) mass is 320 g/mol. The molecule has 0 spiro atoms. The highest BCUT2D eigenvalue weighted by Crippen LogP contribution is 2.31. The first-order chi connectivity index (χ1) is 11.1. The third-order valence-corrected chi connectivity index (χ3v) is 4.67. The summed E-state index contributed by atoms with van der Waals surface area (Å²) < 4.78 is 19.7. The van der Waals surface area contributed by atoms with Gasteiger partial charge in [0.15, 0.2) is 6.10 Å². The van der Waals surface area contributed by atoms with E-state index in [-0.39, 0.29) is 24.5 Å². The summed E-state index contributed by atoms with van der Waals surface area (Å²) in [4.78, 5) is 26.0. The quantitative estimate of drug-likeness (QED) is 0.923. The molecular weight excluding hydrogens is 299 g/mol. The molecule has 2 aliphatic rings. The number of ether oxygens (including phenoxy) is 1. The molecule has 1 aliphatic carbocycles. The Morgan fingerprint density at radius 2 is 2.00 bits per heavy atom. The number of nitrogens with one attached hydrogen (secondary N) is 1. The zero-order chi connectivity index (χ0) is 16.4. The van der Waals surface area contributed by atoms with Crippen LogP contribution in [0, 0.1) is 5.82 Å². The zero-order valence-corrected chi connectivity index (χ0v) is 13.1. The summed E-state index contributed by atoms with van der Waals surface area (Å²) in [6.45, 7) is -0.162. The van der Waals surface area contributed by atoms with Crippen molar-refractivity contribution in [2.24, 2.45) is 0 Å². The molecule has 1 aromatic carbocycles. The molecule has 0 radical (unpaired) electrons. The van der Waals surface area contributed by atoms with Gasteiger partial charge >= 0.3 is 0 Å². The molecule has 2 atom stereocenters. The summed E-state index contributed by atoms with van der Waals surface area (Å²) in [6.07, 6.45) is 3.22. The number of carbonyl (C=O) groups is 2. The van der Waals surface area contributed by atoms with Crippen LogP contribution in [0.2, 0.25) is 0 Å². The summed E-state index contributed by atoms with van der Waals surface area (Å²) in [5, 5.41) is 2.98. The molecule has 1 saturated carbocycles. The summed E-state index contributed by atoms with van der Waals surface area (Å²) in [6, 6.07) is 5.59. The van der Waals surface area contributed by atoms with Crippen molar-refractivity contribution in [1.29, 1.82) is 0 Å². The molecule has 2 unspecified atom stereocenters. The average Bonchev–Trinajstić information content (AvgIpc) is 3.03. The first-order valence-electron chi connectivity index (χ1n) is 8.00. The maximum absolute atomic E-state index is 14.2. The second kappa shape index (κ2) is 6.66. The lowest BCUT2D eigenvalue weighted by atomic mass is 9.97. The smallest absolute Gasteiger partial charge is 0.251 e. The van der Waals surface area contributed by atoms with Gasteiger partial charge in [-0.2, -0.15) is 0 Å². The van der Waals surface area contributed by atoms with Gasteiger partial charge in [-0.05, 0) is 18.9 Å². The van der Waals surface area contributed by atoms with Gasteiger partial charge in [0.05, 0.1) is 6.04 Å². The van der Waals surface area contributed by atoms with E-state index in [0.717, 1.165) is 25.7 Å². The van der Waals surface area contributed by atoms with Gasteiger partial charge in [-0.15, -0.1) is 0 Å². The van der Waals surface area contributed by atoms with Crippen LogP contribution in [-0.2, 0) is 14.3 Å². The van der Waals surface area contributed by atoms with Crippen LogP contribution >= 0.6 is 0 Å². The van der Waals surface area contributed by atoms with Crippen molar-refractivity contribution in [3.63, 3.8) is 0 Å². The Bertz CT molecular complexity index is 601. The van der Waals surface area contributed by atoms with E-state index in [1.165, 1.54) is 11.0 Å². The van der Waals surface area contributed by atoms with Crippen LogP contribution in [-0.4, -0.2) is 42.5 Å². The van der Waals surface area contributed by atoms with Crippen molar-refractivity contribution in [1.82, 2.24) is 10.2 Å². The molecule has 23 heavy (non-hydrogen) atoms. The van der Waals surface area contributed by atoms with Crippen molar-refractivity contribution in [2.45, 2.75) is 43.9 Å². The van der Waals surface area contributed by atoms with E-state index in [0.29, 0.717) is 5.56 Å². The van der Waals surface area contributed by atoms with Crippen LogP contribution in [0.1, 0.15) is 37.3 Å². The highest BCUT2D eigenvalue weighted by molar-refractivity contribution is 5.86. The summed E-state index contributed by atoms with van der Waals surface area (Å²) in [7, 11) is 1.58. The molecule has 3 rings (SSSR count). The van der Waals surface area contributed by atoms with Crippen LogP contribution in [0.4, 0.5) is 4.39 Å². The van der Waals surface area contributed by atoms with Gasteiger partial charge in [0.2, 0.25) is 5.91 Å². The van der Waals surface area contributed by atoms with Crippen molar-refractivity contribution in [3.8, 4) is 0 Å². The van der Waals surface area contributed by atoms with Crippen molar-refractivity contribution in [2.75, 3.05) is 13.7 Å². The second-order valence-electron chi connectivity index (χ2n) is 6.19. The van der Waals surface area contributed by atoms with Gasteiger partial charge in [0.25, 0.3) is 5.91 Å². The maximum Gasteiger partial charge on any atom is 0.251 e. The van der Waals surface area contributed by atoms with Crippen LogP contribution in [0.3, 0.4) is 0 Å². The minimum absolute atomic E-state index is 0.148. The van der Waals surface area contributed by atoms with Crippen molar-refractivity contribution >= 4 is 11.8 Å². The van der Waals surface area contributed by atoms with Crippen LogP contribution in [0.5, 0.6) is 0 Å². The molecule has 0 aromatic heterocycles. The molecule has 0 bridgehead atoms. The summed E-state index contributed by atoms with van der Waals surface area (Å²) in [5.41, 5.74) is 0.301. The Morgan fingerprint density at radius 3 is 2.70 bits per heavy atom. The predicted molar refractivity (Wildman–Crippen MR) is 82.0 cm³/mol. The first kappa shape index (κ1) is 15.9. The van der Waals surface area contributed by atoms with Crippen molar-refractivity contribution < 1.29 is 18.7 Å². The van der Waals surface area contributed by atoms with E-state index in [1.54, 1.807) is 25.2 Å². The third-order valence-electron chi connectivity index (χ3n) is 4.67. The zero-order valence-electron chi connectivity index (χ0n) is 13.1. The van der Waals surface area contributed by atoms with Gasteiger partial charge in [-0.3, -0.25) is 9.59 Å². The van der Waals surface area contributed by atoms with E-state index in [9.17, 15) is 14.0 Å². The Kier molecular flexibility index (Phi) is 4.61. The highest BCUT2D eigenvalue weighted by atomic mass is 19.1. The number of likely N-dealkylation sites (N-methyl/N-ethyl adjacent to an activating group) is 1. The molecule has 1 aromatic rings. The molecule has 2 fully saturated rings. The minimum atomic E-state index is -0.893. The lowest BCUT2D eigenvalue weighted by molar-refractivity contribution is -0.162. The van der Waals surface area contributed by atoms with Gasteiger partial charge in [-0.25, -0.2) is 4.39 Å². The molecule has 2 amide bonds. The predicted octanol–water partition coefficient (Wildman–Crippen LogP) is 1.78. The third kappa shape index (κ3) is 3.22. The Morgan fingerprint density at radius 1 is 1.30 bits per heavy atom. The van der Waals surface area contributed by atoms with E-state index >= 15 is 0 Å². The maximum atomic E-state index is 14.2. The minimum Gasteiger partial charge on any atom is -0.356 e. The normalized spacial score (nSPS) is 25.7. The second-order valence-corrected chi connectivity index (χ2v) is 6.19. The van der Waals surface area contributed by atoms with E-state index in [4.69, 9.17) is 4.74 Å². The van der Waals surface area contributed by atoms with E-state index in [2.05, 4.69) is 5.32 Å². The number of nitrogens with zero attached hydrogens (tertiary/aromatic N) is 1. The van der Waals surface area contributed by atoms with Crippen LogP contribution < -0.4 is 5.32 Å². The Labute approximate surface area is 134 Å². The average molecular weight is 320 g/mol. The number of rotatable bonds is 3.